The van der Waals surface area contributed by atoms with Crippen LogP contribution >= 0.6 is 15.9 Å². The summed E-state index contributed by atoms with van der Waals surface area (Å²) in [6.45, 7) is 0. The molecule has 0 fully saturated rings. The van der Waals surface area contributed by atoms with E-state index in [2.05, 4.69) is 15.9 Å². The molecule has 2 aromatic carbocycles. The molecule has 0 radical (unpaired) electrons. The van der Waals surface area contributed by atoms with Gasteiger partial charge in [-0.25, -0.2) is 0 Å². The molecule has 0 saturated carbocycles. The molecule has 21 heavy (non-hydrogen) atoms. The zero-order valence-corrected chi connectivity index (χ0v) is 13.1. The molecule has 0 aromatic heterocycles. The van der Waals surface area contributed by atoms with Crippen LogP contribution in [0.3, 0.4) is 0 Å². The van der Waals surface area contributed by atoms with E-state index in [-0.39, 0.29) is 0 Å². The molecule has 0 spiro atoms. The first-order valence-corrected chi connectivity index (χ1v) is 6.91. The summed E-state index contributed by atoms with van der Waals surface area (Å²) in [6.07, 6.45) is 1.45. The van der Waals surface area contributed by atoms with Crippen LogP contribution in [0.15, 0.2) is 34.8 Å². The first-order valence-electron chi connectivity index (χ1n) is 6.12. The molecule has 0 aliphatic carbocycles. The summed E-state index contributed by atoms with van der Waals surface area (Å²) >= 11 is 3.34. The molecule has 0 atom stereocenters. The fourth-order valence-electron chi connectivity index (χ4n) is 2.20. The van der Waals surface area contributed by atoms with Gasteiger partial charge >= 0.3 is 0 Å². The first kappa shape index (κ1) is 15.3. The number of halogens is 1. The number of methoxy groups -OCH3 is 2. The second-order valence-electron chi connectivity index (χ2n) is 4.20. The maximum atomic E-state index is 11.5. The Kier molecular flexibility index (Phi) is 4.75. The van der Waals surface area contributed by atoms with Crippen molar-refractivity contribution in [3.05, 3.63) is 45.9 Å². The minimum atomic E-state index is 0.405. The predicted molar refractivity (Wildman–Crippen MR) is 83.5 cm³/mol. The predicted octanol–water partition coefficient (Wildman–Crippen LogP) is 3.76. The third kappa shape index (κ3) is 2.69. The molecular weight excluding hydrogens is 336 g/mol. The standard InChI is InChI=1S/C16H13BrO4/c1-20-13-5-3-4-10(8-18)15(13)16-11(9-19)12(17)6-7-14(16)21-2/h3-9H,1-2H3. The molecule has 0 heterocycles. The lowest BCUT2D eigenvalue weighted by Crippen LogP contribution is -2.00. The van der Waals surface area contributed by atoms with Crippen LogP contribution in [-0.2, 0) is 0 Å². The Labute approximate surface area is 130 Å². The lowest BCUT2D eigenvalue weighted by molar-refractivity contribution is 0.111. The van der Waals surface area contributed by atoms with Gasteiger partial charge in [0.2, 0.25) is 0 Å². The lowest BCUT2D eigenvalue weighted by atomic mass is 9.94. The molecule has 2 aromatic rings. The van der Waals surface area contributed by atoms with E-state index in [1.165, 1.54) is 14.2 Å². The van der Waals surface area contributed by atoms with E-state index in [0.717, 1.165) is 12.6 Å². The van der Waals surface area contributed by atoms with Crippen LogP contribution in [-0.4, -0.2) is 26.8 Å². The van der Waals surface area contributed by atoms with E-state index in [1.54, 1.807) is 30.3 Å². The van der Waals surface area contributed by atoms with Gasteiger partial charge in [0.05, 0.1) is 14.2 Å². The monoisotopic (exact) mass is 348 g/mol. The van der Waals surface area contributed by atoms with E-state index < -0.39 is 0 Å². The van der Waals surface area contributed by atoms with E-state index in [0.29, 0.717) is 38.2 Å². The average molecular weight is 349 g/mol. The summed E-state index contributed by atoms with van der Waals surface area (Å²) < 4.78 is 11.3. The molecule has 5 heteroatoms. The number of hydrogen-bond donors (Lipinski definition) is 0. The van der Waals surface area contributed by atoms with Crippen LogP contribution in [0.2, 0.25) is 0 Å². The molecule has 0 bridgehead atoms. The minimum absolute atomic E-state index is 0.405. The molecular formula is C16H13BrO4. The molecule has 0 saturated heterocycles. The van der Waals surface area contributed by atoms with Crippen molar-refractivity contribution >= 4 is 28.5 Å². The van der Waals surface area contributed by atoms with Gasteiger partial charge in [-0.1, -0.05) is 28.1 Å². The zero-order chi connectivity index (χ0) is 15.4. The van der Waals surface area contributed by atoms with Gasteiger partial charge in [-0.3, -0.25) is 9.59 Å². The Balaban J connectivity index is 2.92. The normalized spacial score (nSPS) is 10.0. The van der Waals surface area contributed by atoms with Crippen molar-refractivity contribution in [2.24, 2.45) is 0 Å². The molecule has 0 aliphatic heterocycles. The van der Waals surface area contributed by atoms with Gasteiger partial charge in [-0.15, -0.1) is 0 Å². The fraction of sp³-hybridized carbons (Fsp3) is 0.125. The van der Waals surface area contributed by atoms with E-state index in [1.807, 2.05) is 0 Å². The van der Waals surface area contributed by atoms with Crippen LogP contribution < -0.4 is 9.47 Å². The quantitative estimate of drug-likeness (QED) is 0.772. The molecule has 108 valence electrons. The summed E-state index contributed by atoms with van der Waals surface area (Å²) in [7, 11) is 3.02. The topological polar surface area (TPSA) is 52.6 Å². The molecule has 2 rings (SSSR count). The highest BCUT2D eigenvalue weighted by Crippen LogP contribution is 2.42. The lowest BCUT2D eigenvalue weighted by Gasteiger charge is -2.17. The highest BCUT2D eigenvalue weighted by atomic mass is 79.9. The Bertz CT molecular complexity index is 695. The van der Waals surface area contributed by atoms with Gasteiger partial charge < -0.3 is 9.47 Å². The zero-order valence-electron chi connectivity index (χ0n) is 11.6. The van der Waals surface area contributed by atoms with Crippen molar-refractivity contribution < 1.29 is 19.1 Å². The number of ether oxygens (including phenoxy) is 2. The van der Waals surface area contributed by atoms with Gasteiger partial charge in [-0.05, 0) is 18.2 Å². The Morgan fingerprint density at radius 1 is 0.905 bits per heavy atom. The summed E-state index contributed by atoms with van der Waals surface area (Å²) in [5, 5.41) is 0. The number of benzene rings is 2. The summed E-state index contributed by atoms with van der Waals surface area (Å²) in [6, 6.07) is 8.57. The Hall–Kier alpha value is -2.14. The maximum Gasteiger partial charge on any atom is 0.151 e. The number of rotatable bonds is 5. The summed E-state index contributed by atoms with van der Waals surface area (Å²) in [4.78, 5) is 22.8. The van der Waals surface area contributed by atoms with Crippen LogP contribution in [0.1, 0.15) is 20.7 Å². The third-order valence-electron chi connectivity index (χ3n) is 3.15. The Morgan fingerprint density at radius 2 is 1.57 bits per heavy atom. The van der Waals surface area contributed by atoms with Crippen molar-refractivity contribution in [3.8, 4) is 22.6 Å². The van der Waals surface area contributed by atoms with Crippen LogP contribution in [0, 0.1) is 0 Å². The Morgan fingerprint density at radius 3 is 2.14 bits per heavy atom. The van der Waals surface area contributed by atoms with Crippen molar-refractivity contribution in [1.29, 1.82) is 0 Å². The van der Waals surface area contributed by atoms with Crippen LogP contribution in [0.25, 0.3) is 11.1 Å². The number of carbonyl (C=O) groups is 2. The highest BCUT2D eigenvalue weighted by molar-refractivity contribution is 9.10. The third-order valence-corrected chi connectivity index (χ3v) is 3.84. The number of hydrogen-bond acceptors (Lipinski definition) is 4. The van der Waals surface area contributed by atoms with Gasteiger partial charge in [0.25, 0.3) is 0 Å². The first-order chi connectivity index (χ1) is 10.2. The number of carbonyl (C=O) groups excluding carboxylic acids is 2. The van der Waals surface area contributed by atoms with Crippen molar-refractivity contribution in [2.45, 2.75) is 0 Å². The molecule has 4 nitrogen and oxygen atoms in total. The summed E-state index contributed by atoms with van der Waals surface area (Å²) in [5.41, 5.74) is 1.90. The van der Waals surface area contributed by atoms with Gasteiger partial charge in [0.15, 0.2) is 12.6 Å². The molecule has 0 aliphatic rings. The van der Waals surface area contributed by atoms with Crippen molar-refractivity contribution in [1.82, 2.24) is 0 Å². The molecule has 0 unspecified atom stereocenters. The largest absolute Gasteiger partial charge is 0.496 e. The van der Waals surface area contributed by atoms with E-state index >= 15 is 0 Å². The smallest absolute Gasteiger partial charge is 0.151 e. The molecule has 0 amide bonds. The van der Waals surface area contributed by atoms with E-state index in [4.69, 9.17) is 9.47 Å². The maximum absolute atomic E-state index is 11.5. The SMILES string of the molecule is COc1cccc(C=O)c1-c1c(OC)ccc(Br)c1C=O. The van der Waals surface area contributed by atoms with Crippen molar-refractivity contribution in [2.75, 3.05) is 14.2 Å². The second-order valence-corrected chi connectivity index (χ2v) is 5.05. The van der Waals surface area contributed by atoms with Crippen molar-refractivity contribution in [3.63, 3.8) is 0 Å². The fourth-order valence-corrected chi connectivity index (χ4v) is 2.63. The average Bonchev–Trinajstić information content (AvgIpc) is 2.53. The highest BCUT2D eigenvalue weighted by Gasteiger charge is 2.20. The molecule has 0 N–H and O–H groups in total. The van der Waals surface area contributed by atoms with Gasteiger partial charge in [0.1, 0.15) is 11.5 Å². The van der Waals surface area contributed by atoms with E-state index in [9.17, 15) is 9.59 Å². The van der Waals surface area contributed by atoms with Gasteiger partial charge in [-0.2, -0.15) is 0 Å². The van der Waals surface area contributed by atoms with Crippen LogP contribution in [0.5, 0.6) is 11.5 Å². The van der Waals surface area contributed by atoms with Gasteiger partial charge in [0, 0.05) is 26.7 Å². The summed E-state index contributed by atoms with van der Waals surface area (Å²) in [5.74, 6) is 0.993. The minimum Gasteiger partial charge on any atom is -0.496 e. The number of aldehydes is 2. The second kappa shape index (κ2) is 6.54. The van der Waals surface area contributed by atoms with Crippen LogP contribution in [0.4, 0.5) is 0 Å².